The smallest absolute Gasteiger partial charge is 0.224 e. The summed E-state index contributed by atoms with van der Waals surface area (Å²) in [6.45, 7) is 3.06. The molecular formula is C16H19N3O. The summed E-state index contributed by atoms with van der Waals surface area (Å²) in [6.07, 6.45) is 5.63. The molecule has 0 unspecified atom stereocenters. The molecule has 4 heteroatoms. The van der Waals surface area contributed by atoms with E-state index in [1.807, 2.05) is 37.4 Å². The first kappa shape index (κ1) is 12.9. The van der Waals surface area contributed by atoms with Gasteiger partial charge in [-0.15, -0.1) is 0 Å². The second-order valence-corrected chi connectivity index (χ2v) is 5.19. The van der Waals surface area contributed by atoms with E-state index >= 15 is 0 Å². The molecular weight excluding hydrogens is 250 g/mol. The lowest BCUT2D eigenvalue weighted by Gasteiger charge is -2.07. The number of aromatic nitrogens is 2. The maximum Gasteiger partial charge on any atom is 0.224 e. The van der Waals surface area contributed by atoms with Crippen LogP contribution in [0.25, 0.3) is 11.3 Å². The van der Waals surface area contributed by atoms with Crippen LogP contribution < -0.4 is 5.32 Å². The number of anilines is 1. The number of carbonyl (C=O) groups excluding carboxylic acids is 1. The van der Waals surface area contributed by atoms with Crippen LogP contribution in [0.1, 0.15) is 32.0 Å². The SMILES string of the molecule is CCCC(=O)Nc1ccc(-c2cnc3n2CCC3)cc1. The summed E-state index contributed by atoms with van der Waals surface area (Å²) in [5.41, 5.74) is 3.18. The lowest BCUT2D eigenvalue weighted by Crippen LogP contribution is -2.10. The largest absolute Gasteiger partial charge is 0.328 e. The molecule has 1 N–H and O–H groups in total. The molecule has 4 nitrogen and oxygen atoms in total. The number of hydrogen-bond donors (Lipinski definition) is 1. The second-order valence-electron chi connectivity index (χ2n) is 5.19. The Balaban J connectivity index is 1.77. The zero-order valence-electron chi connectivity index (χ0n) is 11.7. The average molecular weight is 269 g/mol. The minimum atomic E-state index is 0.0745. The normalized spacial score (nSPS) is 13.2. The van der Waals surface area contributed by atoms with Crippen molar-refractivity contribution in [1.82, 2.24) is 9.55 Å². The van der Waals surface area contributed by atoms with Crippen molar-refractivity contribution < 1.29 is 4.79 Å². The summed E-state index contributed by atoms with van der Waals surface area (Å²) in [4.78, 5) is 16.0. The molecule has 1 aromatic carbocycles. The Bertz CT molecular complexity index is 613. The van der Waals surface area contributed by atoms with Crippen molar-refractivity contribution in [3.8, 4) is 11.3 Å². The van der Waals surface area contributed by atoms with Gasteiger partial charge >= 0.3 is 0 Å². The van der Waals surface area contributed by atoms with Crippen LogP contribution in [0.2, 0.25) is 0 Å². The molecule has 1 aromatic heterocycles. The predicted octanol–water partition coefficient (Wildman–Crippen LogP) is 3.23. The maximum absolute atomic E-state index is 11.6. The number of rotatable bonds is 4. The van der Waals surface area contributed by atoms with Gasteiger partial charge in [-0.2, -0.15) is 0 Å². The van der Waals surface area contributed by atoms with Gasteiger partial charge in [-0.25, -0.2) is 4.98 Å². The summed E-state index contributed by atoms with van der Waals surface area (Å²) in [5, 5.41) is 2.91. The number of nitrogens with one attached hydrogen (secondary N) is 1. The van der Waals surface area contributed by atoms with Crippen LogP contribution in [-0.4, -0.2) is 15.5 Å². The standard InChI is InChI=1S/C16H19N3O/c1-2-4-16(20)18-13-8-6-12(7-9-13)14-11-17-15-5-3-10-19(14)15/h6-9,11H,2-5,10H2,1H3,(H,18,20). The average Bonchev–Trinajstić information content (AvgIpc) is 3.02. The van der Waals surface area contributed by atoms with Crippen molar-refractivity contribution in [2.75, 3.05) is 5.32 Å². The Labute approximate surface area is 118 Å². The predicted molar refractivity (Wildman–Crippen MR) is 79.5 cm³/mol. The summed E-state index contributed by atoms with van der Waals surface area (Å²) in [7, 11) is 0. The quantitative estimate of drug-likeness (QED) is 0.926. The second kappa shape index (κ2) is 5.49. The van der Waals surface area contributed by atoms with Gasteiger partial charge in [-0.3, -0.25) is 4.79 Å². The Morgan fingerprint density at radius 3 is 2.90 bits per heavy atom. The summed E-state index contributed by atoms with van der Waals surface area (Å²) in [5.74, 6) is 1.26. The monoisotopic (exact) mass is 269 g/mol. The van der Waals surface area contributed by atoms with Gasteiger partial charge in [-0.05, 0) is 30.5 Å². The van der Waals surface area contributed by atoms with E-state index in [1.54, 1.807) is 0 Å². The van der Waals surface area contributed by atoms with E-state index in [-0.39, 0.29) is 5.91 Å². The third-order valence-corrected chi connectivity index (χ3v) is 3.66. The van der Waals surface area contributed by atoms with Gasteiger partial charge in [0.2, 0.25) is 5.91 Å². The Hall–Kier alpha value is -2.10. The van der Waals surface area contributed by atoms with E-state index < -0.39 is 0 Å². The number of imidazole rings is 1. The van der Waals surface area contributed by atoms with Crippen molar-refractivity contribution in [3.63, 3.8) is 0 Å². The third-order valence-electron chi connectivity index (χ3n) is 3.66. The zero-order chi connectivity index (χ0) is 13.9. The lowest BCUT2D eigenvalue weighted by molar-refractivity contribution is -0.116. The van der Waals surface area contributed by atoms with Crippen molar-refractivity contribution in [2.45, 2.75) is 39.2 Å². The number of benzene rings is 1. The molecule has 104 valence electrons. The molecule has 1 aliphatic heterocycles. The summed E-state index contributed by atoms with van der Waals surface area (Å²) >= 11 is 0. The highest BCUT2D eigenvalue weighted by molar-refractivity contribution is 5.90. The van der Waals surface area contributed by atoms with Crippen LogP contribution in [0.4, 0.5) is 5.69 Å². The molecule has 1 aliphatic rings. The van der Waals surface area contributed by atoms with Crippen LogP contribution in [0.3, 0.4) is 0 Å². The highest BCUT2D eigenvalue weighted by Crippen LogP contribution is 2.26. The van der Waals surface area contributed by atoms with E-state index in [0.29, 0.717) is 6.42 Å². The molecule has 0 fully saturated rings. The number of fused-ring (bicyclic) bond motifs is 1. The molecule has 0 bridgehead atoms. The van der Waals surface area contributed by atoms with Gasteiger partial charge in [0, 0.05) is 25.1 Å². The molecule has 1 amide bonds. The van der Waals surface area contributed by atoms with Crippen LogP contribution in [-0.2, 0) is 17.8 Å². The number of carbonyl (C=O) groups is 1. The topological polar surface area (TPSA) is 46.9 Å². The fraction of sp³-hybridized carbons (Fsp3) is 0.375. The molecule has 0 aliphatic carbocycles. The van der Waals surface area contributed by atoms with Crippen LogP contribution in [0.5, 0.6) is 0 Å². The van der Waals surface area contributed by atoms with Crippen molar-refractivity contribution in [3.05, 3.63) is 36.3 Å². The molecule has 0 saturated carbocycles. The van der Waals surface area contributed by atoms with Gasteiger partial charge in [-0.1, -0.05) is 19.1 Å². The molecule has 20 heavy (non-hydrogen) atoms. The summed E-state index contributed by atoms with van der Waals surface area (Å²) < 4.78 is 2.28. The number of nitrogens with zero attached hydrogens (tertiary/aromatic N) is 2. The van der Waals surface area contributed by atoms with Crippen LogP contribution in [0.15, 0.2) is 30.5 Å². The first-order valence-corrected chi connectivity index (χ1v) is 7.22. The van der Waals surface area contributed by atoms with Crippen molar-refractivity contribution in [2.24, 2.45) is 0 Å². The highest BCUT2D eigenvalue weighted by atomic mass is 16.1. The van der Waals surface area contributed by atoms with E-state index in [2.05, 4.69) is 14.9 Å². The van der Waals surface area contributed by atoms with Crippen LogP contribution in [0, 0.1) is 0 Å². The third kappa shape index (κ3) is 2.46. The number of aryl methyl sites for hydroxylation is 1. The molecule has 2 heterocycles. The molecule has 2 aromatic rings. The first-order valence-electron chi connectivity index (χ1n) is 7.22. The van der Waals surface area contributed by atoms with E-state index in [9.17, 15) is 4.79 Å². The first-order chi connectivity index (χ1) is 9.78. The van der Waals surface area contributed by atoms with E-state index in [0.717, 1.165) is 30.6 Å². The van der Waals surface area contributed by atoms with Gasteiger partial charge in [0.1, 0.15) is 5.82 Å². The van der Waals surface area contributed by atoms with Crippen LogP contribution >= 0.6 is 0 Å². The van der Waals surface area contributed by atoms with Crippen molar-refractivity contribution >= 4 is 11.6 Å². The Kier molecular flexibility index (Phi) is 3.54. The molecule has 3 rings (SSSR count). The molecule has 0 saturated heterocycles. The Morgan fingerprint density at radius 1 is 1.35 bits per heavy atom. The lowest BCUT2D eigenvalue weighted by atomic mass is 10.1. The zero-order valence-corrected chi connectivity index (χ0v) is 11.7. The van der Waals surface area contributed by atoms with Gasteiger partial charge in [0.25, 0.3) is 0 Å². The van der Waals surface area contributed by atoms with Gasteiger partial charge in [0.05, 0.1) is 11.9 Å². The molecule has 0 atom stereocenters. The maximum atomic E-state index is 11.6. The minimum Gasteiger partial charge on any atom is -0.328 e. The summed E-state index contributed by atoms with van der Waals surface area (Å²) in [6, 6.07) is 8.00. The molecule has 0 radical (unpaired) electrons. The van der Waals surface area contributed by atoms with Crippen molar-refractivity contribution in [1.29, 1.82) is 0 Å². The number of amides is 1. The van der Waals surface area contributed by atoms with Gasteiger partial charge in [0.15, 0.2) is 0 Å². The van der Waals surface area contributed by atoms with E-state index in [4.69, 9.17) is 0 Å². The number of hydrogen-bond acceptors (Lipinski definition) is 2. The van der Waals surface area contributed by atoms with Gasteiger partial charge < -0.3 is 9.88 Å². The fourth-order valence-corrected chi connectivity index (χ4v) is 2.66. The Morgan fingerprint density at radius 2 is 2.15 bits per heavy atom. The minimum absolute atomic E-state index is 0.0745. The fourth-order valence-electron chi connectivity index (χ4n) is 2.66. The highest BCUT2D eigenvalue weighted by Gasteiger charge is 2.16. The van der Waals surface area contributed by atoms with E-state index in [1.165, 1.54) is 17.9 Å². The molecule has 0 spiro atoms.